The number of nitrogens with one attached hydrogen (secondary N) is 1. The molecule has 0 aliphatic heterocycles. The lowest BCUT2D eigenvalue weighted by Crippen LogP contribution is -2.17. The van der Waals surface area contributed by atoms with Crippen LogP contribution in [0.5, 0.6) is 0 Å². The molecule has 0 aliphatic rings. The maximum Gasteiger partial charge on any atom is 0.157 e. The Kier molecular flexibility index (Phi) is 6.08. The molecule has 13 heavy (non-hydrogen) atoms. The molecule has 1 unspecified atom stereocenters. The zero-order valence-electron chi connectivity index (χ0n) is 7.73. The number of carbonyl (C=O) groups excluding carboxylic acids is 1. The van der Waals surface area contributed by atoms with Crippen molar-refractivity contribution in [1.82, 2.24) is 5.32 Å². The van der Waals surface area contributed by atoms with Crippen LogP contribution in [-0.4, -0.2) is 17.2 Å². The topological polar surface area (TPSA) is 29.1 Å². The third-order valence-electron chi connectivity index (χ3n) is 1.35. The maximum absolute atomic E-state index is 11.1. The fourth-order valence-corrected chi connectivity index (χ4v) is 1.16. The van der Waals surface area contributed by atoms with Gasteiger partial charge in [0.15, 0.2) is 5.78 Å². The molecule has 2 nitrogen and oxygen atoms in total. The standard InChI is InChI=1S/C9H13BrClNO/c1-6(10)4-9(7(2)13)5-12-8(3)11/h4,6,12H,3,5H2,1-2H3/b9-4+. The number of rotatable bonds is 5. The Bertz CT molecular complexity index is 236. The van der Waals surface area contributed by atoms with E-state index < -0.39 is 0 Å². The van der Waals surface area contributed by atoms with Crippen molar-refractivity contribution in [1.29, 1.82) is 0 Å². The molecular formula is C9H13BrClNO. The van der Waals surface area contributed by atoms with E-state index in [1.165, 1.54) is 6.92 Å². The normalized spacial score (nSPS) is 13.7. The molecule has 0 aromatic carbocycles. The third kappa shape index (κ3) is 6.84. The van der Waals surface area contributed by atoms with E-state index in [1.807, 2.05) is 13.0 Å². The molecule has 0 rings (SSSR count). The van der Waals surface area contributed by atoms with Gasteiger partial charge in [0, 0.05) is 16.9 Å². The Morgan fingerprint density at radius 2 is 2.31 bits per heavy atom. The van der Waals surface area contributed by atoms with Gasteiger partial charge in [-0.05, 0) is 13.8 Å². The van der Waals surface area contributed by atoms with Crippen molar-refractivity contribution in [2.24, 2.45) is 0 Å². The molecule has 0 bridgehead atoms. The SMILES string of the molecule is C=C(Cl)NC/C(=C\C(C)Br)C(C)=O. The van der Waals surface area contributed by atoms with Gasteiger partial charge in [0.05, 0.1) is 5.16 Å². The van der Waals surface area contributed by atoms with Gasteiger partial charge < -0.3 is 5.32 Å². The molecule has 0 amide bonds. The maximum atomic E-state index is 11.1. The first kappa shape index (κ1) is 12.7. The van der Waals surface area contributed by atoms with Crippen LogP contribution in [-0.2, 0) is 4.79 Å². The lowest BCUT2D eigenvalue weighted by atomic mass is 10.1. The second-order valence-corrected chi connectivity index (χ2v) is 4.58. The molecule has 1 N–H and O–H groups in total. The van der Waals surface area contributed by atoms with Crippen LogP contribution < -0.4 is 5.32 Å². The molecule has 0 aromatic rings. The highest BCUT2D eigenvalue weighted by molar-refractivity contribution is 9.09. The van der Waals surface area contributed by atoms with E-state index in [9.17, 15) is 4.79 Å². The number of halogens is 2. The predicted octanol–water partition coefficient (Wildman–Crippen LogP) is 2.58. The molecule has 0 aromatic heterocycles. The molecular weight excluding hydrogens is 253 g/mol. The van der Waals surface area contributed by atoms with Gasteiger partial charge in [-0.1, -0.05) is 40.2 Å². The average molecular weight is 267 g/mol. The van der Waals surface area contributed by atoms with Gasteiger partial charge in [0.25, 0.3) is 0 Å². The van der Waals surface area contributed by atoms with Crippen molar-refractivity contribution < 1.29 is 4.79 Å². The summed E-state index contributed by atoms with van der Waals surface area (Å²) < 4.78 is 0. The zero-order chi connectivity index (χ0) is 10.4. The highest BCUT2D eigenvalue weighted by Crippen LogP contribution is 2.05. The van der Waals surface area contributed by atoms with Gasteiger partial charge in [-0.15, -0.1) is 0 Å². The summed E-state index contributed by atoms with van der Waals surface area (Å²) in [7, 11) is 0. The number of hydrogen-bond acceptors (Lipinski definition) is 2. The molecule has 0 saturated carbocycles. The summed E-state index contributed by atoms with van der Waals surface area (Å²) in [5.41, 5.74) is 0.700. The van der Waals surface area contributed by atoms with Gasteiger partial charge in [0.2, 0.25) is 0 Å². The van der Waals surface area contributed by atoms with E-state index >= 15 is 0 Å². The van der Waals surface area contributed by atoms with Crippen LogP contribution in [0.15, 0.2) is 23.4 Å². The van der Waals surface area contributed by atoms with Gasteiger partial charge >= 0.3 is 0 Å². The van der Waals surface area contributed by atoms with Crippen LogP contribution in [0.1, 0.15) is 13.8 Å². The van der Waals surface area contributed by atoms with Crippen molar-refractivity contribution in [3.8, 4) is 0 Å². The third-order valence-corrected chi connectivity index (χ3v) is 1.75. The fraction of sp³-hybridized carbons (Fsp3) is 0.444. The van der Waals surface area contributed by atoms with Crippen LogP contribution in [0, 0.1) is 0 Å². The monoisotopic (exact) mass is 265 g/mol. The molecule has 0 saturated heterocycles. The lowest BCUT2D eigenvalue weighted by molar-refractivity contribution is -0.113. The summed E-state index contributed by atoms with van der Waals surface area (Å²) in [6.07, 6.45) is 1.84. The van der Waals surface area contributed by atoms with Crippen molar-refractivity contribution in [3.05, 3.63) is 23.4 Å². The molecule has 0 aliphatic carbocycles. The predicted molar refractivity (Wildman–Crippen MR) is 60.1 cm³/mol. The van der Waals surface area contributed by atoms with Gasteiger partial charge in [-0.25, -0.2) is 0 Å². The molecule has 0 radical (unpaired) electrons. The van der Waals surface area contributed by atoms with Crippen molar-refractivity contribution in [2.45, 2.75) is 18.7 Å². The summed E-state index contributed by atoms with van der Waals surface area (Å²) in [6.45, 7) is 7.36. The van der Waals surface area contributed by atoms with Crippen molar-refractivity contribution in [3.63, 3.8) is 0 Å². The van der Waals surface area contributed by atoms with E-state index in [1.54, 1.807) is 0 Å². The Labute approximate surface area is 92.2 Å². The van der Waals surface area contributed by atoms with E-state index in [0.29, 0.717) is 17.3 Å². The lowest BCUT2D eigenvalue weighted by Gasteiger charge is -2.06. The second-order valence-electron chi connectivity index (χ2n) is 2.68. The summed E-state index contributed by atoms with van der Waals surface area (Å²) in [5.74, 6) is 0.0386. The van der Waals surface area contributed by atoms with Crippen LogP contribution in [0.2, 0.25) is 0 Å². The molecule has 0 spiro atoms. The zero-order valence-corrected chi connectivity index (χ0v) is 10.1. The number of Topliss-reactive ketones (excluding diaryl/α,β-unsaturated/α-hetero) is 1. The fourth-order valence-electron chi connectivity index (χ4n) is 0.769. The van der Waals surface area contributed by atoms with Crippen LogP contribution in [0.3, 0.4) is 0 Å². The van der Waals surface area contributed by atoms with E-state index in [0.717, 1.165) is 0 Å². The minimum Gasteiger partial charge on any atom is -0.372 e. The van der Waals surface area contributed by atoms with E-state index in [-0.39, 0.29) is 10.6 Å². The van der Waals surface area contributed by atoms with Crippen molar-refractivity contribution in [2.75, 3.05) is 6.54 Å². The highest BCUT2D eigenvalue weighted by Gasteiger charge is 2.04. The summed E-state index contributed by atoms with van der Waals surface area (Å²) in [5, 5.41) is 3.14. The smallest absolute Gasteiger partial charge is 0.157 e. The summed E-state index contributed by atoms with van der Waals surface area (Å²) in [4.78, 5) is 11.3. The first-order valence-corrected chi connectivity index (χ1v) is 5.16. The minimum atomic E-state index is 0.0386. The molecule has 74 valence electrons. The van der Waals surface area contributed by atoms with Crippen LogP contribution >= 0.6 is 27.5 Å². The number of hydrogen-bond donors (Lipinski definition) is 1. The Morgan fingerprint density at radius 3 is 2.62 bits per heavy atom. The van der Waals surface area contributed by atoms with Gasteiger partial charge in [-0.3, -0.25) is 4.79 Å². The van der Waals surface area contributed by atoms with Gasteiger partial charge in [-0.2, -0.15) is 0 Å². The highest BCUT2D eigenvalue weighted by atomic mass is 79.9. The number of allylic oxidation sites excluding steroid dienone is 1. The van der Waals surface area contributed by atoms with Gasteiger partial charge in [0.1, 0.15) is 0 Å². The number of alkyl halides is 1. The van der Waals surface area contributed by atoms with Crippen LogP contribution in [0.25, 0.3) is 0 Å². The quantitative estimate of drug-likeness (QED) is 0.471. The molecule has 4 heteroatoms. The average Bonchev–Trinajstić information content (AvgIpc) is 1.96. The van der Waals surface area contributed by atoms with Crippen LogP contribution in [0.4, 0.5) is 0 Å². The molecule has 1 atom stereocenters. The molecule has 0 heterocycles. The summed E-state index contributed by atoms with van der Waals surface area (Å²) >= 11 is 8.85. The first-order chi connectivity index (χ1) is 5.93. The number of carbonyl (C=O) groups is 1. The van der Waals surface area contributed by atoms with Crippen molar-refractivity contribution >= 4 is 33.3 Å². The van der Waals surface area contributed by atoms with E-state index in [4.69, 9.17) is 11.6 Å². The summed E-state index contributed by atoms with van der Waals surface area (Å²) in [6, 6.07) is 0. The second kappa shape index (κ2) is 6.22. The molecule has 0 fully saturated rings. The largest absolute Gasteiger partial charge is 0.372 e. The Morgan fingerprint density at radius 1 is 1.77 bits per heavy atom. The van der Waals surface area contributed by atoms with E-state index in [2.05, 4.69) is 27.8 Å². The number of ketones is 1. The Hall–Kier alpha value is -0.280. The minimum absolute atomic E-state index is 0.0386. The first-order valence-electron chi connectivity index (χ1n) is 3.87. The Balaban J connectivity index is 4.27.